The van der Waals surface area contributed by atoms with Crippen molar-refractivity contribution in [3.63, 3.8) is 0 Å². The van der Waals surface area contributed by atoms with Crippen molar-refractivity contribution < 1.29 is 13.2 Å². The molecule has 4 nitrogen and oxygen atoms in total. The molecule has 1 aliphatic rings. The first-order chi connectivity index (χ1) is 8.14. The van der Waals surface area contributed by atoms with Crippen molar-refractivity contribution >= 4 is 9.84 Å². The molecule has 0 atom stereocenters. The number of ether oxygens (including phenoxy) is 1. The second kappa shape index (κ2) is 5.06. The predicted octanol–water partition coefficient (Wildman–Crippen LogP) is 1.22. The SMILES string of the molecule is COc1cccc(S(=O)(=O)C2CCNCC2)c1. The minimum absolute atomic E-state index is 0.268. The van der Waals surface area contributed by atoms with Crippen LogP contribution >= 0.6 is 0 Å². The maximum atomic E-state index is 12.4. The van der Waals surface area contributed by atoms with Crippen LogP contribution in [0.2, 0.25) is 0 Å². The van der Waals surface area contributed by atoms with Crippen LogP contribution in [-0.4, -0.2) is 33.9 Å². The quantitative estimate of drug-likeness (QED) is 0.882. The number of methoxy groups -OCH3 is 1. The van der Waals surface area contributed by atoms with E-state index in [9.17, 15) is 8.42 Å². The molecule has 1 aromatic carbocycles. The van der Waals surface area contributed by atoms with Gasteiger partial charge in [-0.15, -0.1) is 0 Å². The molecule has 0 aromatic heterocycles. The molecule has 0 saturated carbocycles. The number of benzene rings is 1. The van der Waals surface area contributed by atoms with Crippen LogP contribution in [0.1, 0.15) is 12.8 Å². The molecule has 17 heavy (non-hydrogen) atoms. The van der Waals surface area contributed by atoms with Gasteiger partial charge in [0.15, 0.2) is 9.84 Å². The molecule has 1 heterocycles. The largest absolute Gasteiger partial charge is 0.497 e. The van der Waals surface area contributed by atoms with E-state index in [1.165, 1.54) is 7.11 Å². The molecule has 0 unspecified atom stereocenters. The number of piperidine rings is 1. The first-order valence-electron chi connectivity index (χ1n) is 5.73. The van der Waals surface area contributed by atoms with Crippen molar-refractivity contribution in [1.29, 1.82) is 0 Å². The van der Waals surface area contributed by atoms with Crippen molar-refractivity contribution in [3.8, 4) is 5.75 Å². The first-order valence-corrected chi connectivity index (χ1v) is 7.28. The lowest BCUT2D eigenvalue weighted by atomic mass is 10.2. The lowest BCUT2D eigenvalue weighted by Gasteiger charge is -2.22. The normalized spacial score (nSPS) is 17.9. The minimum Gasteiger partial charge on any atom is -0.497 e. The molecular weight excluding hydrogens is 238 g/mol. The summed E-state index contributed by atoms with van der Waals surface area (Å²) in [6, 6.07) is 6.70. The molecule has 0 spiro atoms. The van der Waals surface area contributed by atoms with Crippen LogP contribution in [-0.2, 0) is 9.84 Å². The van der Waals surface area contributed by atoms with Gasteiger partial charge < -0.3 is 10.1 Å². The van der Waals surface area contributed by atoms with E-state index >= 15 is 0 Å². The number of nitrogens with one attached hydrogen (secondary N) is 1. The average molecular weight is 255 g/mol. The minimum atomic E-state index is -3.21. The Morgan fingerprint density at radius 3 is 2.65 bits per heavy atom. The van der Waals surface area contributed by atoms with E-state index in [2.05, 4.69) is 5.32 Å². The van der Waals surface area contributed by atoms with Gasteiger partial charge in [-0.2, -0.15) is 0 Å². The topological polar surface area (TPSA) is 55.4 Å². The number of hydrogen-bond acceptors (Lipinski definition) is 4. The molecule has 5 heteroatoms. The van der Waals surface area contributed by atoms with E-state index in [0.29, 0.717) is 23.5 Å². The van der Waals surface area contributed by atoms with Gasteiger partial charge in [0.1, 0.15) is 5.75 Å². The van der Waals surface area contributed by atoms with Crippen LogP contribution in [0.4, 0.5) is 0 Å². The summed E-state index contributed by atoms with van der Waals surface area (Å²) in [6.45, 7) is 1.54. The third-order valence-corrected chi connectivity index (χ3v) is 5.35. The van der Waals surface area contributed by atoms with E-state index < -0.39 is 9.84 Å². The Bertz CT molecular complexity index is 478. The van der Waals surface area contributed by atoms with Gasteiger partial charge in [0.2, 0.25) is 0 Å². The fourth-order valence-corrected chi connectivity index (χ4v) is 3.87. The molecule has 1 aliphatic heterocycles. The fraction of sp³-hybridized carbons (Fsp3) is 0.500. The van der Waals surface area contributed by atoms with Gasteiger partial charge in [-0.05, 0) is 44.1 Å². The number of sulfone groups is 1. The van der Waals surface area contributed by atoms with Crippen molar-refractivity contribution in [2.24, 2.45) is 0 Å². The van der Waals surface area contributed by atoms with E-state index in [-0.39, 0.29) is 5.25 Å². The molecular formula is C12H17NO3S. The Morgan fingerprint density at radius 2 is 2.00 bits per heavy atom. The number of rotatable bonds is 3. The lowest BCUT2D eigenvalue weighted by molar-refractivity contribution is 0.413. The summed E-state index contributed by atoms with van der Waals surface area (Å²) >= 11 is 0. The molecule has 1 N–H and O–H groups in total. The zero-order chi connectivity index (χ0) is 12.3. The lowest BCUT2D eigenvalue weighted by Crippen LogP contribution is -2.35. The zero-order valence-electron chi connectivity index (χ0n) is 9.85. The summed E-state index contributed by atoms with van der Waals surface area (Å²) in [4.78, 5) is 0.365. The highest BCUT2D eigenvalue weighted by Gasteiger charge is 2.28. The summed E-state index contributed by atoms with van der Waals surface area (Å²) < 4.78 is 29.8. The monoisotopic (exact) mass is 255 g/mol. The molecule has 0 bridgehead atoms. The highest BCUT2D eigenvalue weighted by molar-refractivity contribution is 7.92. The van der Waals surface area contributed by atoms with Crippen LogP contribution in [0.25, 0.3) is 0 Å². The zero-order valence-corrected chi connectivity index (χ0v) is 10.7. The molecule has 1 aromatic rings. The van der Waals surface area contributed by atoms with Crippen LogP contribution < -0.4 is 10.1 Å². The molecule has 0 aliphatic carbocycles. The first kappa shape index (κ1) is 12.4. The van der Waals surface area contributed by atoms with Gasteiger partial charge in [0.05, 0.1) is 17.3 Å². The second-order valence-electron chi connectivity index (χ2n) is 4.17. The van der Waals surface area contributed by atoms with E-state index in [4.69, 9.17) is 4.74 Å². The second-order valence-corrected chi connectivity index (χ2v) is 6.40. The Hall–Kier alpha value is -1.07. The number of hydrogen-bond donors (Lipinski definition) is 1. The molecule has 0 radical (unpaired) electrons. The van der Waals surface area contributed by atoms with Gasteiger partial charge in [-0.25, -0.2) is 8.42 Å². The van der Waals surface area contributed by atoms with Crippen molar-refractivity contribution in [1.82, 2.24) is 5.32 Å². The smallest absolute Gasteiger partial charge is 0.181 e. The van der Waals surface area contributed by atoms with E-state index in [0.717, 1.165) is 13.1 Å². The van der Waals surface area contributed by atoms with Crippen molar-refractivity contribution in [2.75, 3.05) is 20.2 Å². The molecule has 2 rings (SSSR count). The predicted molar refractivity (Wildman–Crippen MR) is 66.1 cm³/mol. The van der Waals surface area contributed by atoms with E-state index in [1.807, 2.05) is 0 Å². The highest BCUT2D eigenvalue weighted by Crippen LogP contribution is 2.25. The van der Waals surface area contributed by atoms with Gasteiger partial charge in [-0.3, -0.25) is 0 Å². The van der Waals surface area contributed by atoms with E-state index in [1.54, 1.807) is 24.3 Å². The molecule has 94 valence electrons. The summed E-state index contributed by atoms with van der Waals surface area (Å²) in [5.74, 6) is 0.583. The molecule has 1 fully saturated rings. The Labute approximate surface area is 102 Å². The Morgan fingerprint density at radius 1 is 1.29 bits per heavy atom. The Balaban J connectivity index is 2.29. The van der Waals surface area contributed by atoms with Gasteiger partial charge in [0, 0.05) is 0 Å². The van der Waals surface area contributed by atoms with Crippen molar-refractivity contribution in [3.05, 3.63) is 24.3 Å². The highest BCUT2D eigenvalue weighted by atomic mass is 32.2. The summed E-state index contributed by atoms with van der Waals surface area (Å²) in [5, 5.41) is 2.90. The van der Waals surface area contributed by atoms with Crippen LogP contribution in [0.15, 0.2) is 29.2 Å². The standard InChI is InChI=1S/C12H17NO3S/c1-16-10-3-2-4-12(9-10)17(14,15)11-5-7-13-8-6-11/h2-4,9,11,13H,5-8H2,1H3. The third-order valence-electron chi connectivity index (χ3n) is 3.09. The summed E-state index contributed by atoms with van der Waals surface area (Å²) in [5.41, 5.74) is 0. The maximum absolute atomic E-state index is 12.4. The maximum Gasteiger partial charge on any atom is 0.181 e. The summed E-state index contributed by atoms with van der Waals surface area (Å²) in [7, 11) is -1.68. The van der Waals surface area contributed by atoms with Crippen molar-refractivity contribution in [2.45, 2.75) is 23.0 Å². The average Bonchev–Trinajstić information content (AvgIpc) is 2.40. The van der Waals surface area contributed by atoms with Gasteiger partial charge in [-0.1, -0.05) is 6.07 Å². The molecule has 0 amide bonds. The van der Waals surface area contributed by atoms with Crippen LogP contribution in [0.3, 0.4) is 0 Å². The Kier molecular flexibility index (Phi) is 3.69. The van der Waals surface area contributed by atoms with Gasteiger partial charge >= 0.3 is 0 Å². The molecule has 1 saturated heterocycles. The van der Waals surface area contributed by atoms with Crippen LogP contribution in [0.5, 0.6) is 5.75 Å². The third kappa shape index (κ3) is 2.61. The van der Waals surface area contributed by atoms with Crippen LogP contribution in [0, 0.1) is 0 Å². The fourth-order valence-electron chi connectivity index (χ4n) is 2.08. The summed E-state index contributed by atoms with van der Waals surface area (Å²) in [6.07, 6.45) is 1.36. The van der Waals surface area contributed by atoms with Gasteiger partial charge in [0.25, 0.3) is 0 Å².